The van der Waals surface area contributed by atoms with Crippen molar-refractivity contribution >= 4 is 5.91 Å². The lowest BCUT2D eigenvalue weighted by Gasteiger charge is -2.13. The van der Waals surface area contributed by atoms with E-state index in [0.717, 1.165) is 24.4 Å². The van der Waals surface area contributed by atoms with E-state index in [-0.39, 0.29) is 5.91 Å². The Morgan fingerprint density at radius 2 is 1.74 bits per heavy atom. The van der Waals surface area contributed by atoms with Crippen LogP contribution in [-0.4, -0.2) is 36.2 Å². The van der Waals surface area contributed by atoms with Crippen LogP contribution in [0.15, 0.2) is 60.9 Å². The van der Waals surface area contributed by atoms with E-state index in [4.69, 9.17) is 9.47 Å². The van der Waals surface area contributed by atoms with E-state index < -0.39 is 0 Å². The topological polar surface area (TPSA) is 65.4 Å². The SMILES string of the molecule is COc1cccc(OC)c1C(=O)NCCCn1ccnc1-c1ccccc1. The van der Waals surface area contributed by atoms with Gasteiger partial charge in [-0.05, 0) is 18.6 Å². The number of ether oxygens (including phenoxy) is 2. The van der Waals surface area contributed by atoms with Crippen LogP contribution >= 0.6 is 0 Å². The number of nitrogens with one attached hydrogen (secondary N) is 1. The van der Waals surface area contributed by atoms with Gasteiger partial charge in [-0.15, -0.1) is 0 Å². The van der Waals surface area contributed by atoms with Gasteiger partial charge in [0, 0.05) is 31.0 Å². The zero-order valence-electron chi connectivity index (χ0n) is 15.5. The van der Waals surface area contributed by atoms with E-state index in [1.165, 1.54) is 14.2 Å². The molecule has 0 unspecified atom stereocenters. The fraction of sp³-hybridized carbons (Fsp3) is 0.238. The van der Waals surface area contributed by atoms with Gasteiger partial charge in [0.15, 0.2) is 0 Å². The molecular weight excluding hydrogens is 342 g/mol. The fourth-order valence-electron chi connectivity index (χ4n) is 2.95. The molecule has 1 aromatic heterocycles. The lowest BCUT2D eigenvalue weighted by molar-refractivity contribution is 0.0946. The molecule has 0 aliphatic heterocycles. The Balaban J connectivity index is 1.59. The lowest BCUT2D eigenvalue weighted by Crippen LogP contribution is -2.26. The van der Waals surface area contributed by atoms with Gasteiger partial charge < -0.3 is 19.4 Å². The molecule has 1 N–H and O–H groups in total. The highest BCUT2D eigenvalue weighted by molar-refractivity contribution is 5.99. The number of imidazole rings is 1. The summed E-state index contributed by atoms with van der Waals surface area (Å²) in [5, 5.41) is 2.94. The average Bonchev–Trinajstić information content (AvgIpc) is 3.19. The van der Waals surface area contributed by atoms with Crippen molar-refractivity contribution in [2.45, 2.75) is 13.0 Å². The molecule has 0 aliphatic carbocycles. The molecule has 3 aromatic rings. The van der Waals surface area contributed by atoms with E-state index in [0.29, 0.717) is 23.6 Å². The van der Waals surface area contributed by atoms with Gasteiger partial charge in [0.05, 0.1) is 14.2 Å². The van der Waals surface area contributed by atoms with Crippen LogP contribution in [0.2, 0.25) is 0 Å². The molecule has 0 fully saturated rings. The number of nitrogens with zero attached hydrogens (tertiary/aromatic N) is 2. The van der Waals surface area contributed by atoms with E-state index in [1.54, 1.807) is 24.4 Å². The molecule has 6 heteroatoms. The third kappa shape index (κ3) is 4.28. The van der Waals surface area contributed by atoms with Gasteiger partial charge in [-0.2, -0.15) is 0 Å². The van der Waals surface area contributed by atoms with Crippen LogP contribution in [-0.2, 0) is 6.54 Å². The minimum absolute atomic E-state index is 0.210. The Labute approximate surface area is 158 Å². The number of rotatable bonds is 8. The molecule has 0 saturated heterocycles. The second kappa shape index (κ2) is 8.89. The maximum absolute atomic E-state index is 12.6. The predicted molar refractivity (Wildman–Crippen MR) is 104 cm³/mol. The third-order valence-corrected chi connectivity index (χ3v) is 4.26. The summed E-state index contributed by atoms with van der Waals surface area (Å²) in [6, 6.07) is 15.3. The van der Waals surface area contributed by atoms with Gasteiger partial charge in [0.25, 0.3) is 5.91 Å². The van der Waals surface area contributed by atoms with E-state index in [2.05, 4.69) is 14.9 Å². The van der Waals surface area contributed by atoms with E-state index in [1.807, 2.05) is 36.5 Å². The van der Waals surface area contributed by atoms with Crippen molar-refractivity contribution in [3.63, 3.8) is 0 Å². The van der Waals surface area contributed by atoms with E-state index >= 15 is 0 Å². The molecule has 140 valence electrons. The summed E-state index contributed by atoms with van der Waals surface area (Å²) in [6.07, 6.45) is 4.52. The van der Waals surface area contributed by atoms with Crippen LogP contribution in [0, 0.1) is 0 Å². The van der Waals surface area contributed by atoms with Crippen LogP contribution < -0.4 is 14.8 Å². The largest absolute Gasteiger partial charge is 0.496 e. The third-order valence-electron chi connectivity index (χ3n) is 4.26. The normalized spacial score (nSPS) is 10.4. The van der Waals surface area contributed by atoms with Crippen molar-refractivity contribution in [1.82, 2.24) is 14.9 Å². The number of hydrogen-bond donors (Lipinski definition) is 1. The van der Waals surface area contributed by atoms with Crippen LogP contribution in [0.4, 0.5) is 0 Å². The molecule has 0 aliphatic rings. The molecular formula is C21H23N3O3. The van der Waals surface area contributed by atoms with Crippen molar-refractivity contribution in [2.75, 3.05) is 20.8 Å². The molecule has 0 saturated carbocycles. The smallest absolute Gasteiger partial charge is 0.258 e. The number of carbonyl (C=O) groups excluding carboxylic acids is 1. The number of benzene rings is 2. The van der Waals surface area contributed by atoms with Crippen molar-refractivity contribution in [2.24, 2.45) is 0 Å². The minimum Gasteiger partial charge on any atom is -0.496 e. The monoisotopic (exact) mass is 365 g/mol. The van der Waals surface area contributed by atoms with Crippen molar-refractivity contribution < 1.29 is 14.3 Å². The molecule has 0 radical (unpaired) electrons. The maximum Gasteiger partial charge on any atom is 0.258 e. The number of hydrogen-bond acceptors (Lipinski definition) is 4. The summed E-state index contributed by atoms with van der Waals surface area (Å²) in [5.74, 6) is 1.70. The maximum atomic E-state index is 12.6. The summed E-state index contributed by atoms with van der Waals surface area (Å²) in [7, 11) is 3.07. The first-order valence-corrected chi connectivity index (χ1v) is 8.80. The Morgan fingerprint density at radius 1 is 1.04 bits per heavy atom. The summed E-state index contributed by atoms with van der Waals surface area (Å²) in [5.41, 5.74) is 1.49. The summed E-state index contributed by atoms with van der Waals surface area (Å²) < 4.78 is 12.7. The second-order valence-corrected chi connectivity index (χ2v) is 5.96. The van der Waals surface area contributed by atoms with Gasteiger partial charge in [-0.25, -0.2) is 4.98 Å². The molecule has 6 nitrogen and oxygen atoms in total. The van der Waals surface area contributed by atoms with Gasteiger partial charge in [-0.3, -0.25) is 4.79 Å². The zero-order valence-corrected chi connectivity index (χ0v) is 15.5. The molecule has 0 atom stereocenters. The highest BCUT2D eigenvalue weighted by Gasteiger charge is 2.17. The first-order chi connectivity index (χ1) is 13.2. The molecule has 2 aromatic carbocycles. The summed E-state index contributed by atoms with van der Waals surface area (Å²) >= 11 is 0. The highest BCUT2D eigenvalue weighted by atomic mass is 16.5. The highest BCUT2D eigenvalue weighted by Crippen LogP contribution is 2.27. The summed E-state index contributed by atoms with van der Waals surface area (Å²) in [4.78, 5) is 17.0. The number of aromatic nitrogens is 2. The average molecular weight is 365 g/mol. The van der Waals surface area contributed by atoms with Gasteiger partial charge in [-0.1, -0.05) is 36.4 Å². The van der Waals surface area contributed by atoms with Gasteiger partial charge >= 0.3 is 0 Å². The summed E-state index contributed by atoms with van der Waals surface area (Å²) in [6.45, 7) is 1.29. The number of amides is 1. The molecule has 1 amide bonds. The molecule has 27 heavy (non-hydrogen) atoms. The van der Waals surface area contributed by atoms with E-state index in [9.17, 15) is 4.79 Å². The van der Waals surface area contributed by atoms with Crippen molar-refractivity contribution in [1.29, 1.82) is 0 Å². The van der Waals surface area contributed by atoms with Crippen molar-refractivity contribution in [3.8, 4) is 22.9 Å². The van der Waals surface area contributed by atoms with Crippen LogP contribution in [0.1, 0.15) is 16.8 Å². The first-order valence-electron chi connectivity index (χ1n) is 8.80. The van der Waals surface area contributed by atoms with Crippen LogP contribution in [0.5, 0.6) is 11.5 Å². The number of carbonyl (C=O) groups is 1. The second-order valence-electron chi connectivity index (χ2n) is 5.96. The lowest BCUT2D eigenvalue weighted by atomic mass is 10.1. The Hall–Kier alpha value is -3.28. The molecule has 0 bridgehead atoms. The Bertz CT molecular complexity index is 868. The van der Waals surface area contributed by atoms with Gasteiger partial charge in [0.1, 0.15) is 22.9 Å². The molecule has 3 rings (SSSR count). The van der Waals surface area contributed by atoms with Gasteiger partial charge in [0.2, 0.25) is 0 Å². The zero-order chi connectivity index (χ0) is 19.1. The quantitative estimate of drug-likeness (QED) is 0.622. The Kier molecular flexibility index (Phi) is 6.10. The van der Waals surface area contributed by atoms with Crippen LogP contribution in [0.3, 0.4) is 0 Å². The minimum atomic E-state index is -0.210. The van der Waals surface area contributed by atoms with Crippen LogP contribution in [0.25, 0.3) is 11.4 Å². The molecule has 0 spiro atoms. The Morgan fingerprint density at radius 3 is 2.41 bits per heavy atom. The number of methoxy groups -OCH3 is 2. The standard InChI is InChI=1S/C21H23N3O3/c1-26-17-10-6-11-18(27-2)19(17)21(25)23-12-7-14-24-15-13-22-20(24)16-8-4-3-5-9-16/h3-6,8-11,13,15H,7,12,14H2,1-2H3,(H,23,25). The van der Waals surface area contributed by atoms with Crippen molar-refractivity contribution in [3.05, 3.63) is 66.5 Å². The number of aryl methyl sites for hydroxylation is 1. The first kappa shape index (κ1) is 18.5. The predicted octanol–water partition coefficient (Wildman–Crippen LogP) is 3.39. The molecule has 1 heterocycles. The fourth-order valence-corrected chi connectivity index (χ4v) is 2.95.